The molecule has 4 nitrogen and oxygen atoms in total. The van der Waals surface area contributed by atoms with Crippen LogP contribution in [0.3, 0.4) is 0 Å². The van der Waals surface area contributed by atoms with E-state index in [4.69, 9.17) is 4.74 Å². The standard InChI is InChI=1S/C13H12N2O2/c1-3-9-7-15-12(16)10-6-8(2)4-5-11(10)14-13(15)17-9/h3-6,9H,1,7H2,2H3/t9-/m1/s1. The van der Waals surface area contributed by atoms with Gasteiger partial charge in [-0.05, 0) is 25.1 Å². The summed E-state index contributed by atoms with van der Waals surface area (Å²) in [5, 5.41) is 0.641. The number of hydrogen-bond acceptors (Lipinski definition) is 3. The van der Waals surface area contributed by atoms with Crippen molar-refractivity contribution in [2.45, 2.75) is 19.6 Å². The van der Waals surface area contributed by atoms with Crippen LogP contribution >= 0.6 is 0 Å². The van der Waals surface area contributed by atoms with Crippen LogP contribution in [0.2, 0.25) is 0 Å². The quantitative estimate of drug-likeness (QED) is 0.697. The second-order valence-corrected chi connectivity index (χ2v) is 4.22. The lowest BCUT2D eigenvalue weighted by molar-refractivity contribution is 0.275. The predicted molar refractivity (Wildman–Crippen MR) is 65.4 cm³/mol. The Kier molecular flexibility index (Phi) is 2.04. The van der Waals surface area contributed by atoms with E-state index in [1.807, 2.05) is 25.1 Å². The van der Waals surface area contributed by atoms with Gasteiger partial charge in [-0.3, -0.25) is 9.36 Å². The molecule has 2 aromatic rings. The Bertz CT molecular complexity index is 673. The Morgan fingerprint density at radius 2 is 2.41 bits per heavy atom. The molecule has 1 aliphatic heterocycles. The first-order chi connectivity index (χ1) is 8.19. The van der Waals surface area contributed by atoms with Crippen molar-refractivity contribution >= 4 is 10.9 Å². The highest BCUT2D eigenvalue weighted by Crippen LogP contribution is 2.20. The largest absolute Gasteiger partial charge is 0.455 e. The second kappa shape index (κ2) is 3.45. The van der Waals surface area contributed by atoms with Gasteiger partial charge in [-0.15, -0.1) is 0 Å². The molecule has 0 spiro atoms. The normalized spacial score (nSPS) is 17.8. The molecule has 17 heavy (non-hydrogen) atoms. The van der Waals surface area contributed by atoms with Gasteiger partial charge in [-0.2, -0.15) is 4.98 Å². The van der Waals surface area contributed by atoms with Crippen molar-refractivity contribution in [2.24, 2.45) is 0 Å². The number of benzene rings is 1. The minimum Gasteiger partial charge on any atom is -0.455 e. The van der Waals surface area contributed by atoms with E-state index in [1.54, 1.807) is 10.6 Å². The highest BCUT2D eigenvalue weighted by Gasteiger charge is 2.23. The molecular weight excluding hydrogens is 216 g/mol. The Morgan fingerprint density at radius 1 is 1.59 bits per heavy atom. The number of nitrogens with zero attached hydrogens (tertiary/aromatic N) is 2. The SMILES string of the molecule is C=C[C@@H]1Cn2c(nc3ccc(C)cc3c2=O)O1. The monoisotopic (exact) mass is 228 g/mol. The minimum atomic E-state index is -0.159. The van der Waals surface area contributed by atoms with Crippen LogP contribution in [0.4, 0.5) is 0 Å². The van der Waals surface area contributed by atoms with Crippen molar-refractivity contribution in [1.82, 2.24) is 9.55 Å². The number of ether oxygens (including phenoxy) is 1. The van der Waals surface area contributed by atoms with E-state index in [9.17, 15) is 4.79 Å². The van der Waals surface area contributed by atoms with Gasteiger partial charge in [0.25, 0.3) is 5.56 Å². The maximum absolute atomic E-state index is 12.2. The van der Waals surface area contributed by atoms with Gasteiger partial charge in [-0.1, -0.05) is 18.2 Å². The molecule has 4 heteroatoms. The maximum atomic E-state index is 12.2. The Hall–Kier alpha value is -2.10. The highest BCUT2D eigenvalue weighted by atomic mass is 16.5. The summed E-state index contributed by atoms with van der Waals surface area (Å²) >= 11 is 0. The molecule has 0 fully saturated rings. The van der Waals surface area contributed by atoms with E-state index in [0.29, 0.717) is 23.5 Å². The zero-order valence-electron chi connectivity index (χ0n) is 9.51. The number of aryl methyl sites for hydroxylation is 1. The third-order valence-electron chi connectivity index (χ3n) is 2.96. The molecule has 0 unspecified atom stereocenters. The Morgan fingerprint density at radius 3 is 3.18 bits per heavy atom. The molecule has 0 bridgehead atoms. The number of rotatable bonds is 1. The van der Waals surface area contributed by atoms with Gasteiger partial charge in [0.1, 0.15) is 6.10 Å². The van der Waals surface area contributed by atoms with Crippen molar-refractivity contribution in [3.05, 3.63) is 46.8 Å². The van der Waals surface area contributed by atoms with Gasteiger partial charge in [0.05, 0.1) is 17.4 Å². The predicted octanol–water partition coefficient (Wildman–Crippen LogP) is 1.65. The van der Waals surface area contributed by atoms with Crippen molar-refractivity contribution in [3.8, 4) is 6.01 Å². The summed E-state index contributed by atoms with van der Waals surface area (Å²) < 4.78 is 7.07. The van der Waals surface area contributed by atoms with Crippen molar-refractivity contribution in [1.29, 1.82) is 0 Å². The van der Waals surface area contributed by atoms with Gasteiger partial charge < -0.3 is 4.74 Å². The fourth-order valence-corrected chi connectivity index (χ4v) is 2.04. The van der Waals surface area contributed by atoms with Gasteiger partial charge in [0, 0.05) is 0 Å². The van der Waals surface area contributed by atoms with Crippen LogP contribution in [0.1, 0.15) is 5.56 Å². The van der Waals surface area contributed by atoms with Crippen molar-refractivity contribution in [2.75, 3.05) is 0 Å². The molecule has 0 amide bonds. The molecule has 1 aromatic heterocycles. The lowest BCUT2D eigenvalue weighted by Crippen LogP contribution is -2.20. The van der Waals surface area contributed by atoms with Crippen LogP contribution in [-0.4, -0.2) is 15.7 Å². The Balaban J connectivity index is 2.31. The molecule has 3 rings (SSSR count). The molecule has 0 N–H and O–H groups in total. The lowest BCUT2D eigenvalue weighted by atomic mass is 10.2. The van der Waals surface area contributed by atoms with Gasteiger partial charge >= 0.3 is 6.01 Å². The molecule has 0 saturated heterocycles. The maximum Gasteiger partial charge on any atom is 0.300 e. The van der Waals surface area contributed by atoms with E-state index in [2.05, 4.69) is 11.6 Å². The molecule has 2 heterocycles. The average molecular weight is 228 g/mol. The summed E-state index contributed by atoms with van der Waals surface area (Å²) in [6.07, 6.45) is 1.53. The summed E-state index contributed by atoms with van der Waals surface area (Å²) in [6.45, 7) is 6.12. The summed E-state index contributed by atoms with van der Waals surface area (Å²) in [7, 11) is 0. The summed E-state index contributed by atoms with van der Waals surface area (Å²) in [6, 6.07) is 6.03. The number of fused-ring (bicyclic) bond motifs is 2. The highest BCUT2D eigenvalue weighted by molar-refractivity contribution is 5.78. The molecule has 0 radical (unpaired) electrons. The lowest BCUT2D eigenvalue weighted by Gasteiger charge is -2.03. The third-order valence-corrected chi connectivity index (χ3v) is 2.96. The van der Waals surface area contributed by atoms with E-state index < -0.39 is 0 Å². The van der Waals surface area contributed by atoms with Crippen LogP contribution < -0.4 is 10.3 Å². The number of aromatic nitrogens is 2. The van der Waals surface area contributed by atoms with Crippen LogP contribution in [-0.2, 0) is 6.54 Å². The molecule has 86 valence electrons. The summed E-state index contributed by atoms with van der Waals surface area (Å²) in [5.74, 6) is 0. The van der Waals surface area contributed by atoms with Crippen LogP contribution in [0.15, 0.2) is 35.6 Å². The fraction of sp³-hybridized carbons (Fsp3) is 0.231. The Labute approximate surface area is 98.2 Å². The van der Waals surface area contributed by atoms with E-state index in [-0.39, 0.29) is 11.7 Å². The van der Waals surface area contributed by atoms with Gasteiger partial charge in [0.2, 0.25) is 0 Å². The minimum absolute atomic E-state index is 0.0435. The first-order valence-corrected chi connectivity index (χ1v) is 5.49. The first-order valence-electron chi connectivity index (χ1n) is 5.49. The zero-order chi connectivity index (χ0) is 12.0. The zero-order valence-corrected chi connectivity index (χ0v) is 9.51. The smallest absolute Gasteiger partial charge is 0.300 e. The van der Waals surface area contributed by atoms with E-state index in [1.165, 1.54) is 0 Å². The van der Waals surface area contributed by atoms with Crippen LogP contribution in [0.5, 0.6) is 6.01 Å². The topological polar surface area (TPSA) is 44.1 Å². The third kappa shape index (κ3) is 1.45. The molecular formula is C13H12N2O2. The summed E-state index contributed by atoms with van der Waals surface area (Å²) in [5.41, 5.74) is 1.69. The average Bonchev–Trinajstić information content (AvgIpc) is 2.74. The van der Waals surface area contributed by atoms with Crippen LogP contribution in [0.25, 0.3) is 10.9 Å². The molecule has 0 aliphatic carbocycles. The second-order valence-electron chi connectivity index (χ2n) is 4.22. The molecule has 1 aliphatic rings. The number of hydrogen-bond donors (Lipinski definition) is 0. The van der Waals surface area contributed by atoms with Crippen molar-refractivity contribution < 1.29 is 4.74 Å². The van der Waals surface area contributed by atoms with E-state index in [0.717, 1.165) is 5.56 Å². The van der Waals surface area contributed by atoms with Crippen molar-refractivity contribution in [3.63, 3.8) is 0 Å². The van der Waals surface area contributed by atoms with Gasteiger partial charge in [-0.25, -0.2) is 0 Å². The first kappa shape index (κ1) is 10.1. The van der Waals surface area contributed by atoms with Crippen LogP contribution in [0, 0.1) is 6.92 Å². The van der Waals surface area contributed by atoms with Gasteiger partial charge in [0.15, 0.2) is 0 Å². The fourth-order valence-electron chi connectivity index (χ4n) is 2.04. The molecule has 0 saturated carbocycles. The molecule has 1 atom stereocenters. The summed E-state index contributed by atoms with van der Waals surface area (Å²) in [4.78, 5) is 16.6. The van der Waals surface area contributed by atoms with E-state index >= 15 is 0 Å². The molecule has 1 aromatic carbocycles.